The van der Waals surface area contributed by atoms with Crippen molar-refractivity contribution in [2.75, 3.05) is 33.4 Å². The summed E-state index contributed by atoms with van der Waals surface area (Å²) in [4.78, 5) is 23.5. The third-order valence-electron chi connectivity index (χ3n) is 5.22. The topological polar surface area (TPSA) is 87.7 Å². The molecule has 2 heterocycles. The number of aryl methyl sites for hydroxylation is 1. The van der Waals surface area contributed by atoms with Crippen LogP contribution in [0.15, 0.2) is 34.4 Å². The molecular weight excluding hydrogens is 426 g/mol. The van der Waals surface area contributed by atoms with E-state index < -0.39 is 6.10 Å². The van der Waals surface area contributed by atoms with Gasteiger partial charge in [0.1, 0.15) is 10.7 Å². The molecule has 0 aliphatic carbocycles. The standard InChI is InChI=1S/C24H33N3O4S/c1-16(2)31-14-18(28)12-27(10-7-11-30-4)13-21-25-23(29)22-20(15-32-24(22)26-21)19-9-6-5-8-17(19)3/h5-6,8-9,15-16,18,28H,7,10-14H2,1-4H3,(H,25,26,29)/t18-/m1/s1. The maximum Gasteiger partial charge on any atom is 0.260 e. The largest absolute Gasteiger partial charge is 0.389 e. The van der Waals surface area contributed by atoms with Gasteiger partial charge >= 0.3 is 0 Å². The number of nitrogens with zero attached hydrogens (tertiary/aromatic N) is 2. The fourth-order valence-corrected chi connectivity index (χ4v) is 4.63. The molecular formula is C24H33N3O4S. The van der Waals surface area contributed by atoms with Gasteiger partial charge in [-0.25, -0.2) is 4.98 Å². The van der Waals surface area contributed by atoms with Gasteiger partial charge in [-0.15, -0.1) is 11.3 Å². The maximum absolute atomic E-state index is 13.0. The number of aliphatic hydroxyl groups is 1. The number of fused-ring (bicyclic) bond motifs is 1. The first kappa shape index (κ1) is 24.5. The van der Waals surface area contributed by atoms with E-state index in [0.29, 0.717) is 37.5 Å². The number of H-pyrrole nitrogens is 1. The van der Waals surface area contributed by atoms with E-state index in [1.54, 1.807) is 7.11 Å². The smallest absolute Gasteiger partial charge is 0.260 e. The van der Waals surface area contributed by atoms with Gasteiger partial charge in [0, 0.05) is 37.7 Å². The Bertz CT molecular complexity index is 1060. The average Bonchev–Trinajstić information content (AvgIpc) is 3.17. The summed E-state index contributed by atoms with van der Waals surface area (Å²) in [5, 5.41) is 13.0. The lowest BCUT2D eigenvalue weighted by Crippen LogP contribution is -2.37. The summed E-state index contributed by atoms with van der Waals surface area (Å²) in [5.41, 5.74) is 2.96. The van der Waals surface area contributed by atoms with Crippen molar-refractivity contribution in [3.63, 3.8) is 0 Å². The van der Waals surface area contributed by atoms with Crippen LogP contribution in [0.4, 0.5) is 0 Å². The van der Waals surface area contributed by atoms with E-state index >= 15 is 0 Å². The predicted octanol–water partition coefficient (Wildman–Crippen LogP) is 3.58. The van der Waals surface area contributed by atoms with Crippen LogP contribution >= 0.6 is 11.3 Å². The van der Waals surface area contributed by atoms with Crippen molar-refractivity contribution in [2.45, 2.75) is 45.9 Å². The van der Waals surface area contributed by atoms with Crippen LogP contribution in [0.5, 0.6) is 0 Å². The zero-order valence-corrected chi connectivity index (χ0v) is 20.1. The molecule has 32 heavy (non-hydrogen) atoms. The zero-order chi connectivity index (χ0) is 23.1. The van der Waals surface area contributed by atoms with Gasteiger partial charge in [0.15, 0.2) is 0 Å². The first-order valence-corrected chi connectivity index (χ1v) is 11.8. The minimum absolute atomic E-state index is 0.0632. The second-order valence-corrected chi connectivity index (χ2v) is 9.13. The van der Waals surface area contributed by atoms with Crippen molar-refractivity contribution < 1.29 is 14.6 Å². The molecule has 3 rings (SSSR count). The summed E-state index contributed by atoms with van der Waals surface area (Å²) in [6.07, 6.45) is 0.259. The maximum atomic E-state index is 13.0. The van der Waals surface area contributed by atoms with Crippen molar-refractivity contribution in [3.8, 4) is 11.1 Å². The Morgan fingerprint density at radius 2 is 2.03 bits per heavy atom. The number of methoxy groups -OCH3 is 1. The number of benzene rings is 1. The number of rotatable bonds is 12. The predicted molar refractivity (Wildman–Crippen MR) is 129 cm³/mol. The Morgan fingerprint density at radius 3 is 2.75 bits per heavy atom. The molecule has 0 aliphatic heterocycles. The summed E-state index contributed by atoms with van der Waals surface area (Å²) >= 11 is 1.48. The van der Waals surface area contributed by atoms with Gasteiger partial charge in [-0.2, -0.15) is 0 Å². The average molecular weight is 460 g/mol. The second-order valence-electron chi connectivity index (χ2n) is 8.27. The number of aromatic amines is 1. The number of nitrogens with one attached hydrogen (secondary N) is 1. The fourth-order valence-electron chi connectivity index (χ4n) is 3.68. The lowest BCUT2D eigenvalue weighted by molar-refractivity contribution is -0.0106. The molecule has 8 heteroatoms. The van der Waals surface area contributed by atoms with E-state index in [9.17, 15) is 9.90 Å². The highest BCUT2D eigenvalue weighted by molar-refractivity contribution is 7.17. The minimum Gasteiger partial charge on any atom is -0.389 e. The van der Waals surface area contributed by atoms with Crippen molar-refractivity contribution in [1.82, 2.24) is 14.9 Å². The summed E-state index contributed by atoms with van der Waals surface area (Å²) in [5.74, 6) is 0.593. The van der Waals surface area contributed by atoms with Crippen LogP contribution < -0.4 is 5.56 Å². The Balaban J connectivity index is 1.81. The lowest BCUT2D eigenvalue weighted by Gasteiger charge is -2.25. The first-order chi connectivity index (χ1) is 15.4. The molecule has 7 nitrogen and oxygen atoms in total. The van der Waals surface area contributed by atoms with Crippen LogP contribution in [0.1, 0.15) is 31.7 Å². The normalized spacial score (nSPS) is 12.8. The highest BCUT2D eigenvalue weighted by Gasteiger charge is 2.17. The van der Waals surface area contributed by atoms with E-state index in [1.165, 1.54) is 11.3 Å². The molecule has 0 radical (unpaired) electrons. The molecule has 1 aromatic carbocycles. The summed E-state index contributed by atoms with van der Waals surface area (Å²) in [6.45, 7) is 8.41. The van der Waals surface area contributed by atoms with Crippen LogP contribution in [0.2, 0.25) is 0 Å². The minimum atomic E-state index is -0.621. The van der Waals surface area contributed by atoms with E-state index in [0.717, 1.165) is 27.9 Å². The van der Waals surface area contributed by atoms with Gasteiger partial charge < -0.3 is 19.6 Å². The van der Waals surface area contributed by atoms with Gasteiger partial charge in [0.05, 0.1) is 30.7 Å². The fraction of sp³-hybridized carbons (Fsp3) is 0.500. The van der Waals surface area contributed by atoms with E-state index in [-0.39, 0.29) is 18.3 Å². The van der Waals surface area contributed by atoms with E-state index in [1.807, 2.05) is 50.4 Å². The van der Waals surface area contributed by atoms with Crippen molar-refractivity contribution in [2.24, 2.45) is 0 Å². The molecule has 0 aliphatic rings. The number of hydrogen-bond donors (Lipinski definition) is 2. The Morgan fingerprint density at radius 1 is 1.25 bits per heavy atom. The summed E-state index contributed by atoms with van der Waals surface area (Å²) < 4.78 is 10.7. The highest BCUT2D eigenvalue weighted by atomic mass is 32.1. The molecule has 0 saturated heterocycles. The molecule has 0 amide bonds. The van der Waals surface area contributed by atoms with Gasteiger partial charge in [0.25, 0.3) is 5.56 Å². The zero-order valence-electron chi connectivity index (χ0n) is 19.3. The Kier molecular flexibility index (Phi) is 8.95. The van der Waals surface area contributed by atoms with Crippen LogP contribution in [0, 0.1) is 6.92 Å². The first-order valence-electron chi connectivity index (χ1n) is 11.0. The van der Waals surface area contributed by atoms with Crippen molar-refractivity contribution in [1.29, 1.82) is 0 Å². The second kappa shape index (κ2) is 11.7. The van der Waals surface area contributed by atoms with Crippen molar-refractivity contribution >= 4 is 21.6 Å². The van der Waals surface area contributed by atoms with Gasteiger partial charge in [-0.3, -0.25) is 9.69 Å². The molecule has 0 unspecified atom stereocenters. The number of thiophene rings is 1. The molecule has 174 valence electrons. The highest BCUT2D eigenvalue weighted by Crippen LogP contribution is 2.32. The molecule has 2 aromatic heterocycles. The summed E-state index contributed by atoms with van der Waals surface area (Å²) in [7, 11) is 1.67. The molecule has 1 atom stereocenters. The van der Waals surface area contributed by atoms with Crippen molar-refractivity contribution in [3.05, 3.63) is 51.4 Å². The van der Waals surface area contributed by atoms with E-state index in [4.69, 9.17) is 14.5 Å². The Hall–Kier alpha value is -2.10. The third-order valence-corrected chi connectivity index (χ3v) is 6.09. The van der Waals surface area contributed by atoms with Gasteiger partial charge in [0.2, 0.25) is 0 Å². The van der Waals surface area contributed by atoms with Gasteiger partial charge in [-0.05, 0) is 38.3 Å². The molecule has 2 N–H and O–H groups in total. The molecule has 0 spiro atoms. The molecule has 0 bridgehead atoms. The number of aromatic nitrogens is 2. The van der Waals surface area contributed by atoms with Crippen LogP contribution in [0.3, 0.4) is 0 Å². The van der Waals surface area contributed by atoms with E-state index in [2.05, 4.69) is 9.88 Å². The SMILES string of the molecule is COCCCN(Cc1nc2scc(-c3ccccc3C)c2c(=O)[nH]1)C[C@@H](O)COC(C)C. The molecule has 0 saturated carbocycles. The third kappa shape index (κ3) is 6.46. The van der Waals surface area contributed by atoms with Gasteiger partial charge in [-0.1, -0.05) is 24.3 Å². The molecule has 0 fully saturated rings. The summed E-state index contributed by atoms with van der Waals surface area (Å²) in [6, 6.07) is 8.05. The Labute approximate surface area is 193 Å². The quantitative estimate of drug-likeness (QED) is 0.403. The number of hydrogen-bond acceptors (Lipinski definition) is 7. The number of aliphatic hydroxyl groups excluding tert-OH is 1. The van der Waals surface area contributed by atoms with Crippen LogP contribution in [0.25, 0.3) is 21.3 Å². The van der Waals surface area contributed by atoms with Crippen LogP contribution in [-0.2, 0) is 16.0 Å². The number of ether oxygens (including phenoxy) is 2. The lowest BCUT2D eigenvalue weighted by atomic mass is 10.0. The van der Waals surface area contributed by atoms with Crippen LogP contribution in [-0.4, -0.2) is 65.6 Å². The molecule has 3 aromatic rings. The monoisotopic (exact) mass is 459 g/mol.